The maximum absolute atomic E-state index is 12.3. The largest absolute Gasteiger partial charge is 0.359 e. The Morgan fingerprint density at radius 1 is 1.17 bits per heavy atom. The number of piperidine rings is 1. The van der Waals surface area contributed by atoms with Crippen LogP contribution in [0.4, 0.5) is 0 Å². The van der Waals surface area contributed by atoms with E-state index in [9.17, 15) is 13.2 Å². The molecule has 1 aromatic rings. The number of hydrogen-bond donors (Lipinski definition) is 3. The molecule has 0 saturated carbocycles. The number of nitrogens with one attached hydrogen (secondary N) is 3. The first kappa shape index (κ1) is 25.6. The van der Waals surface area contributed by atoms with Crippen LogP contribution in [-0.4, -0.2) is 65.5 Å². The zero-order chi connectivity index (χ0) is 20.6. The van der Waals surface area contributed by atoms with E-state index in [1.807, 2.05) is 6.92 Å². The minimum absolute atomic E-state index is 0. The molecule has 1 fully saturated rings. The van der Waals surface area contributed by atoms with E-state index >= 15 is 0 Å². The molecular weight excluding hydrogens is 505 g/mol. The van der Waals surface area contributed by atoms with Crippen molar-refractivity contribution in [3.8, 4) is 0 Å². The van der Waals surface area contributed by atoms with Gasteiger partial charge in [0.05, 0.1) is 4.90 Å². The molecule has 1 aliphatic heterocycles. The van der Waals surface area contributed by atoms with E-state index in [4.69, 9.17) is 0 Å². The molecule has 164 valence electrons. The Kier molecular flexibility index (Phi) is 10.9. The van der Waals surface area contributed by atoms with Crippen molar-refractivity contribution in [1.29, 1.82) is 0 Å². The topological polar surface area (TPSA) is 103 Å². The molecule has 0 spiro atoms. The molecule has 1 aliphatic rings. The van der Waals surface area contributed by atoms with Crippen molar-refractivity contribution in [2.24, 2.45) is 10.9 Å². The minimum atomic E-state index is -3.51. The Balaban J connectivity index is 0.00000420. The molecule has 0 bridgehead atoms. The Morgan fingerprint density at radius 2 is 1.79 bits per heavy atom. The van der Waals surface area contributed by atoms with Gasteiger partial charge in [0, 0.05) is 46.7 Å². The highest BCUT2D eigenvalue weighted by Gasteiger charge is 2.23. The molecule has 0 atom stereocenters. The number of sulfonamides is 1. The number of aryl methyl sites for hydroxylation is 1. The molecule has 1 aromatic carbocycles. The first-order valence-corrected chi connectivity index (χ1v) is 11.1. The van der Waals surface area contributed by atoms with Crippen LogP contribution in [0.5, 0.6) is 0 Å². The standard InChI is InChI=1S/C19H31N5O3S.HI/c1-15-4-6-17(7-5-15)28(26,27)23-11-10-22-19(21-3)24-12-8-16(9-13-24)14-18(25)20-2;/h4-7,16,23H,8-14H2,1-3H3,(H,20,25)(H,21,22);1H. The van der Waals surface area contributed by atoms with Crippen molar-refractivity contribution < 1.29 is 13.2 Å². The molecule has 0 aliphatic carbocycles. The first-order valence-electron chi connectivity index (χ1n) is 9.58. The second-order valence-corrected chi connectivity index (χ2v) is 8.76. The summed E-state index contributed by atoms with van der Waals surface area (Å²) in [5, 5.41) is 5.88. The highest BCUT2D eigenvalue weighted by molar-refractivity contribution is 14.0. The molecule has 0 radical (unpaired) electrons. The lowest BCUT2D eigenvalue weighted by atomic mass is 9.93. The molecule has 8 nitrogen and oxygen atoms in total. The van der Waals surface area contributed by atoms with Crippen LogP contribution in [0, 0.1) is 12.8 Å². The van der Waals surface area contributed by atoms with E-state index < -0.39 is 10.0 Å². The van der Waals surface area contributed by atoms with Crippen molar-refractivity contribution in [3.63, 3.8) is 0 Å². The van der Waals surface area contributed by atoms with Crippen LogP contribution in [0.2, 0.25) is 0 Å². The predicted octanol–water partition coefficient (Wildman–Crippen LogP) is 1.31. The van der Waals surface area contributed by atoms with Crippen LogP contribution in [0.25, 0.3) is 0 Å². The molecular formula is C19H32IN5O3S. The van der Waals surface area contributed by atoms with Gasteiger partial charge in [-0.2, -0.15) is 0 Å². The van der Waals surface area contributed by atoms with Gasteiger partial charge in [-0.25, -0.2) is 13.1 Å². The number of amides is 1. The van der Waals surface area contributed by atoms with Gasteiger partial charge in [-0.15, -0.1) is 24.0 Å². The molecule has 3 N–H and O–H groups in total. The van der Waals surface area contributed by atoms with Gasteiger partial charge in [0.15, 0.2) is 5.96 Å². The smallest absolute Gasteiger partial charge is 0.240 e. The van der Waals surface area contributed by atoms with Gasteiger partial charge >= 0.3 is 0 Å². The highest BCUT2D eigenvalue weighted by Crippen LogP contribution is 2.20. The monoisotopic (exact) mass is 537 g/mol. The van der Waals surface area contributed by atoms with Crippen LogP contribution in [-0.2, 0) is 14.8 Å². The van der Waals surface area contributed by atoms with Gasteiger partial charge in [0.2, 0.25) is 15.9 Å². The van der Waals surface area contributed by atoms with Crippen LogP contribution in [0.1, 0.15) is 24.8 Å². The van der Waals surface area contributed by atoms with Crippen molar-refractivity contribution in [2.45, 2.75) is 31.1 Å². The zero-order valence-electron chi connectivity index (χ0n) is 17.3. The first-order chi connectivity index (χ1) is 13.4. The number of likely N-dealkylation sites (tertiary alicyclic amines) is 1. The third-order valence-corrected chi connectivity index (χ3v) is 6.39. The average molecular weight is 537 g/mol. The summed E-state index contributed by atoms with van der Waals surface area (Å²) in [4.78, 5) is 18.2. The normalized spacial score (nSPS) is 15.6. The molecule has 1 heterocycles. The van der Waals surface area contributed by atoms with Crippen LogP contribution < -0.4 is 15.4 Å². The number of carbonyl (C=O) groups excluding carboxylic acids is 1. The van der Waals surface area contributed by atoms with Crippen LogP contribution in [0.15, 0.2) is 34.2 Å². The number of carbonyl (C=O) groups is 1. The summed E-state index contributed by atoms with van der Waals surface area (Å²) in [6.45, 7) is 4.28. The summed E-state index contributed by atoms with van der Waals surface area (Å²) in [6.07, 6.45) is 2.44. The van der Waals surface area contributed by atoms with E-state index in [1.54, 1.807) is 38.4 Å². The fraction of sp³-hybridized carbons (Fsp3) is 0.579. The van der Waals surface area contributed by atoms with Crippen molar-refractivity contribution in [3.05, 3.63) is 29.8 Å². The number of aliphatic imine (C=N–C) groups is 1. The minimum Gasteiger partial charge on any atom is -0.359 e. The van der Waals surface area contributed by atoms with Crippen LogP contribution >= 0.6 is 24.0 Å². The molecule has 0 unspecified atom stereocenters. The molecule has 29 heavy (non-hydrogen) atoms. The second kappa shape index (κ2) is 12.3. The third-order valence-electron chi connectivity index (χ3n) is 4.91. The maximum atomic E-state index is 12.3. The van der Waals surface area contributed by atoms with Gasteiger partial charge in [0.1, 0.15) is 0 Å². The lowest BCUT2D eigenvalue weighted by Gasteiger charge is -2.34. The molecule has 10 heteroatoms. The van der Waals surface area contributed by atoms with E-state index in [-0.39, 0.29) is 41.3 Å². The quantitative estimate of drug-likeness (QED) is 0.211. The summed E-state index contributed by atoms with van der Waals surface area (Å²) in [7, 11) is -0.129. The lowest BCUT2D eigenvalue weighted by molar-refractivity contribution is -0.121. The van der Waals surface area contributed by atoms with Crippen molar-refractivity contribution >= 4 is 45.9 Å². The zero-order valence-corrected chi connectivity index (χ0v) is 20.4. The fourth-order valence-corrected chi connectivity index (χ4v) is 4.24. The van der Waals surface area contributed by atoms with E-state index in [0.717, 1.165) is 37.5 Å². The van der Waals surface area contributed by atoms with Gasteiger partial charge in [0.25, 0.3) is 0 Å². The number of benzene rings is 1. The van der Waals surface area contributed by atoms with Gasteiger partial charge < -0.3 is 15.5 Å². The molecule has 0 aromatic heterocycles. The predicted molar refractivity (Wildman–Crippen MR) is 126 cm³/mol. The third kappa shape index (κ3) is 8.09. The van der Waals surface area contributed by atoms with Crippen molar-refractivity contribution in [2.75, 3.05) is 40.3 Å². The Bertz CT molecular complexity index is 776. The maximum Gasteiger partial charge on any atom is 0.240 e. The fourth-order valence-electron chi connectivity index (χ4n) is 3.21. The van der Waals surface area contributed by atoms with E-state index in [2.05, 4.69) is 25.2 Å². The van der Waals surface area contributed by atoms with E-state index in [0.29, 0.717) is 18.9 Å². The van der Waals surface area contributed by atoms with Crippen molar-refractivity contribution in [1.82, 2.24) is 20.3 Å². The number of rotatable bonds is 7. The Labute approximate surface area is 191 Å². The Hall–Kier alpha value is -1.40. The average Bonchev–Trinajstić information content (AvgIpc) is 2.69. The molecule has 1 saturated heterocycles. The number of nitrogens with zero attached hydrogens (tertiary/aromatic N) is 2. The summed E-state index contributed by atoms with van der Waals surface area (Å²) in [5.74, 6) is 1.24. The molecule has 1 amide bonds. The number of hydrogen-bond acceptors (Lipinski definition) is 4. The molecule has 2 rings (SSSR count). The number of guanidine groups is 1. The highest BCUT2D eigenvalue weighted by atomic mass is 127. The summed E-state index contributed by atoms with van der Waals surface area (Å²) >= 11 is 0. The Morgan fingerprint density at radius 3 is 2.34 bits per heavy atom. The van der Waals surface area contributed by atoms with Gasteiger partial charge in [-0.3, -0.25) is 9.79 Å². The van der Waals surface area contributed by atoms with Crippen LogP contribution in [0.3, 0.4) is 0 Å². The SMILES string of the molecule is CN=C(NCCNS(=O)(=O)c1ccc(C)cc1)N1CCC(CC(=O)NC)CC1.I. The van der Waals surface area contributed by atoms with Gasteiger partial charge in [-0.1, -0.05) is 17.7 Å². The van der Waals surface area contributed by atoms with E-state index in [1.165, 1.54) is 0 Å². The summed E-state index contributed by atoms with van der Waals surface area (Å²) in [5.41, 5.74) is 1.02. The lowest BCUT2D eigenvalue weighted by Crippen LogP contribution is -2.47. The summed E-state index contributed by atoms with van der Waals surface area (Å²) in [6, 6.07) is 6.77. The second-order valence-electron chi connectivity index (χ2n) is 6.99. The number of halogens is 1. The summed E-state index contributed by atoms with van der Waals surface area (Å²) < 4.78 is 27.2. The van der Waals surface area contributed by atoms with Gasteiger partial charge in [-0.05, 0) is 37.8 Å².